The molecule has 0 bridgehead atoms. The van der Waals surface area contributed by atoms with Gasteiger partial charge in [0, 0.05) is 25.2 Å². The quantitative estimate of drug-likeness (QED) is 0.740. The van der Waals surface area contributed by atoms with Gasteiger partial charge in [-0.25, -0.2) is 0 Å². The van der Waals surface area contributed by atoms with Gasteiger partial charge in [-0.3, -0.25) is 4.79 Å². The lowest BCUT2D eigenvalue weighted by atomic mass is 10.1. The van der Waals surface area contributed by atoms with Crippen LogP contribution in [0.5, 0.6) is 11.5 Å². The largest absolute Gasteiger partial charge is 0.493 e. The molecule has 0 aliphatic heterocycles. The van der Waals surface area contributed by atoms with Crippen molar-refractivity contribution in [2.45, 2.75) is 33.0 Å². The van der Waals surface area contributed by atoms with Crippen molar-refractivity contribution in [2.24, 2.45) is 0 Å². The molecular weight excluding hydrogens is 342 g/mol. The summed E-state index contributed by atoms with van der Waals surface area (Å²) >= 11 is 0. The first-order valence-corrected chi connectivity index (χ1v) is 8.11. The van der Waals surface area contributed by atoms with E-state index in [0.29, 0.717) is 6.54 Å². The third kappa shape index (κ3) is 5.70. The van der Waals surface area contributed by atoms with Crippen LogP contribution in [0.4, 0.5) is 14.5 Å². The van der Waals surface area contributed by atoms with Crippen molar-refractivity contribution in [2.75, 3.05) is 12.4 Å². The van der Waals surface area contributed by atoms with E-state index in [2.05, 4.69) is 15.4 Å². The minimum absolute atomic E-state index is 0.00195. The second kappa shape index (κ2) is 9.15. The van der Waals surface area contributed by atoms with E-state index < -0.39 is 6.61 Å². The molecule has 0 spiro atoms. The van der Waals surface area contributed by atoms with Crippen LogP contribution in [0.1, 0.15) is 31.0 Å². The van der Waals surface area contributed by atoms with Crippen molar-refractivity contribution in [1.29, 1.82) is 0 Å². The molecule has 2 aromatic carbocycles. The van der Waals surface area contributed by atoms with Crippen LogP contribution >= 0.6 is 0 Å². The Hall–Kier alpha value is -2.67. The van der Waals surface area contributed by atoms with Gasteiger partial charge in [0.2, 0.25) is 5.91 Å². The maximum Gasteiger partial charge on any atom is 0.387 e. The second-order valence-corrected chi connectivity index (χ2v) is 5.77. The molecule has 0 saturated carbocycles. The average Bonchev–Trinajstić information content (AvgIpc) is 2.59. The summed E-state index contributed by atoms with van der Waals surface area (Å²) in [5, 5.41) is 6.06. The van der Waals surface area contributed by atoms with Gasteiger partial charge < -0.3 is 20.1 Å². The molecular formula is C19H22F2N2O3. The lowest BCUT2D eigenvalue weighted by Crippen LogP contribution is -2.18. The van der Waals surface area contributed by atoms with Crippen molar-refractivity contribution in [1.82, 2.24) is 5.32 Å². The number of amides is 1. The Bertz CT molecular complexity index is 753. The van der Waals surface area contributed by atoms with E-state index in [0.717, 1.165) is 16.8 Å². The van der Waals surface area contributed by atoms with Gasteiger partial charge in [0.15, 0.2) is 11.5 Å². The van der Waals surface area contributed by atoms with E-state index in [1.807, 2.05) is 31.2 Å². The van der Waals surface area contributed by atoms with Gasteiger partial charge in [0.1, 0.15) is 0 Å². The molecule has 0 radical (unpaired) electrons. The Morgan fingerprint density at radius 1 is 1.15 bits per heavy atom. The van der Waals surface area contributed by atoms with E-state index >= 15 is 0 Å². The number of hydrogen-bond donors (Lipinski definition) is 2. The smallest absolute Gasteiger partial charge is 0.387 e. The molecule has 0 aliphatic rings. The molecule has 7 heteroatoms. The zero-order valence-corrected chi connectivity index (χ0v) is 14.9. The highest BCUT2D eigenvalue weighted by molar-refractivity contribution is 5.88. The highest BCUT2D eigenvalue weighted by atomic mass is 19.3. The number of ether oxygens (including phenoxy) is 2. The number of anilines is 1. The molecule has 0 aromatic heterocycles. The van der Waals surface area contributed by atoms with Gasteiger partial charge in [-0.1, -0.05) is 18.2 Å². The number of methoxy groups -OCH3 is 1. The number of halogens is 2. The summed E-state index contributed by atoms with van der Waals surface area (Å²) in [5.74, 6) is 0.125. The summed E-state index contributed by atoms with van der Waals surface area (Å²) in [6.45, 7) is 0.974. The maximum absolute atomic E-state index is 12.5. The molecule has 2 aromatic rings. The zero-order valence-electron chi connectivity index (χ0n) is 14.9. The molecule has 0 heterocycles. The Kier molecular flexibility index (Phi) is 6.91. The van der Waals surface area contributed by atoms with Crippen molar-refractivity contribution < 1.29 is 23.0 Å². The predicted octanol–water partition coefficient (Wildman–Crippen LogP) is 4.11. The van der Waals surface area contributed by atoms with Crippen LogP contribution in [-0.4, -0.2) is 19.6 Å². The fourth-order valence-corrected chi connectivity index (χ4v) is 2.50. The fourth-order valence-electron chi connectivity index (χ4n) is 2.50. The zero-order chi connectivity index (χ0) is 19.1. The summed E-state index contributed by atoms with van der Waals surface area (Å²) in [5.41, 5.74) is 2.50. The standard InChI is InChI=1S/C19H22F2N2O3/c1-12(15-5-4-6-16(10-15)23-13(2)24)22-11-14-7-8-17(25-3)18(9-14)26-19(20)21/h4-10,12,19,22H,11H2,1-3H3,(H,23,24). The SMILES string of the molecule is COc1ccc(CNC(C)c2cccc(NC(C)=O)c2)cc1OC(F)F. The topological polar surface area (TPSA) is 59.6 Å². The second-order valence-electron chi connectivity index (χ2n) is 5.77. The first-order chi connectivity index (χ1) is 12.4. The Morgan fingerprint density at radius 3 is 2.58 bits per heavy atom. The molecule has 0 saturated heterocycles. The lowest BCUT2D eigenvalue weighted by Gasteiger charge is -2.17. The van der Waals surface area contributed by atoms with Gasteiger partial charge in [-0.2, -0.15) is 8.78 Å². The number of carbonyl (C=O) groups excluding carboxylic acids is 1. The van der Waals surface area contributed by atoms with E-state index in [-0.39, 0.29) is 23.4 Å². The minimum atomic E-state index is -2.91. The number of benzene rings is 2. The van der Waals surface area contributed by atoms with Crippen LogP contribution < -0.4 is 20.1 Å². The van der Waals surface area contributed by atoms with Crippen LogP contribution in [0.3, 0.4) is 0 Å². The third-order valence-corrected chi connectivity index (χ3v) is 3.76. The molecule has 2 rings (SSSR count). The van der Waals surface area contributed by atoms with Crippen LogP contribution in [0, 0.1) is 0 Å². The van der Waals surface area contributed by atoms with Gasteiger partial charge in [-0.05, 0) is 42.3 Å². The van der Waals surface area contributed by atoms with Crippen LogP contribution in [-0.2, 0) is 11.3 Å². The van der Waals surface area contributed by atoms with E-state index in [1.54, 1.807) is 12.1 Å². The normalized spacial score (nSPS) is 11.9. The summed E-state index contributed by atoms with van der Waals surface area (Å²) in [4.78, 5) is 11.2. The highest BCUT2D eigenvalue weighted by Crippen LogP contribution is 2.29. The summed E-state index contributed by atoms with van der Waals surface area (Å²) < 4.78 is 34.5. The van der Waals surface area contributed by atoms with Crippen LogP contribution in [0.2, 0.25) is 0 Å². The number of alkyl halides is 2. The maximum atomic E-state index is 12.5. The molecule has 1 amide bonds. The highest BCUT2D eigenvalue weighted by Gasteiger charge is 2.12. The lowest BCUT2D eigenvalue weighted by molar-refractivity contribution is -0.114. The summed E-state index contributed by atoms with van der Waals surface area (Å²) in [6, 6.07) is 12.4. The van der Waals surface area contributed by atoms with Crippen molar-refractivity contribution in [3.8, 4) is 11.5 Å². The number of nitrogens with one attached hydrogen (secondary N) is 2. The van der Waals surface area contributed by atoms with Crippen molar-refractivity contribution >= 4 is 11.6 Å². The molecule has 2 N–H and O–H groups in total. The molecule has 5 nitrogen and oxygen atoms in total. The first kappa shape index (κ1) is 19.7. The summed E-state index contributed by atoms with van der Waals surface area (Å²) in [7, 11) is 1.40. The van der Waals surface area contributed by atoms with Gasteiger partial charge >= 0.3 is 6.61 Å². The fraction of sp³-hybridized carbons (Fsp3) is 0.316. The number of carbonyl (C=O) groups is 1. The number of hydrogen-bond acceptors (Lipinski definition) is 4. The van der Waals surface area contributed by atoms with Crippen LogP contribution in [0.15, 0.2) is 42.5 Å². The molecule has 0 fully saturated rings. The average molecular weight is 364 g/mol. The monoisotopic (exact) mass is 364 g/mol. The molecule has 1 atom stereocenters. The molecule has 1 unspecified atom stereocenters. The van der Waals surface area contributed by atoms with Gasteiger partial charge in [0.05, 0.1) is 7.11 Å². The van der Waals surface area contributed by atoms with Gasteiger partial charge in [0.25, 0.3) is 0 Å². The third-order valence-electron chi connectivity index (χ3n) is 3.76. The Balaban J connectivity index is 2.05. The van der Waals surface area contributed by atoms with E-state index in [1.165, 1.54) is 20.1 Å². The van der Waals surface area contributed by atoms with Crippen LogP contribution in [0.25, 0.3) is 0 Å². The van der Waals surface area contributed by atoms with Gasteiger partial charge in [-0.15, -0.1) is 0 Å². The Labute approximate surface area is 151 Å². The van der Waals surface area contributed by atoms with Crippen molar-refractivity contribution in [3.05, 3.63) is 53.6 Å². The number of rotatable bonds is 8. The Morgan fingerprint density at radius 2 is 1.92 bits per heavy atom. The summed E-state index contributed by atoms with van der Waals surface area (Å²) in [6.07, 6.45) is 0. The van der Waals surface area contributed by atoms with E-state index in [9.17, 15) is 13.6 Å². The molecule has 140 valence electrons. The van der Waals surface area contributed by atoms with E-state index in [4.69, 9.17) is 4.74 Å². The first-order valence-electron chi connectivity index (χ1n) is 8.11. The predicted molar refractivity (Wildman–Crippen MR) is 95.6 cm³/mol. The minimum Gasteiger partial charge on any atom is -0.493 e. The van der Waals surface area contributed by atoms with Crippen molar-refractivity contribution in [3.63, 3.8) is 0 Å². The molecule has 0 aliphatic carbocycles. The molecule has 26 heavy (non-hydrogen) atoms.